The Hall–Kier alpha value is -3.47. The molecule has 3 aromatic rings. The van der Waals surface area contributed by atoms with Crippen LogP contribution in [0, 0.1) is 17.2 Å². The van der Waals surface area contributed by atoms with E-state index in [1.807, 2.05) is 31.7 Å². The van der Waals surface area contributed by atoms with Gasteiger partial charge in [0.15, 0.2) is 0 Å². The van der Waals surface area contributed by atoms with Crippen LogP contribution < -0.4 is 10.6 Å². The lowest BCUT2D eigenvalue weighted by Gasteiger charge is -2.22. The smallest absolute Gasteiger partial charge is 0.229 e. The fourth-order valence-corrected chi connectivity index (χ4v) is 3.64. The zero-order valence-electron chi connectivity index (χ0n) is 16.5. The number of nitrogens with one attached hydrogen (secondary N) is 2. The van der Waals surface area contributed by atoms with Gasteiger partial charge in [0.25, 0.3) is 0 Å². The Labute approximate surface area is 170 Å². The molecular weight excluding hydrogens is 364 g/mol. The van der Waals surface area contributed by atoms with Gasteiger partial charge in [-0.05, 0) is 30.9 Å². The molecule has 0 amide bonds. The number of rotatable bonds is 6. The number of anilines is 3. The van der Waals surface area contributed by atoms with Crippen molar-refractivity contribution in [2.75, 3.05) is 17.2 Å². The molecule has 148 valence electrons. The Morgan fingerprint density at radius 2 is 2.00 bits per heavy atom. The van der Waals surface area contributed by atoms with Crippen molar-refractivity contribution in [3.05, 3.63) is 42.6 Å². The summed E-state index contributed by atoms with van der Waals surface area (Å²) < 4.78 is 1.77. The van der Waals surface area contributed by atoms with Crippen molar-refractivity contribution in [1.82, 2.24) is 24.7 Å². The molecule has 0 unspecified atom stereocenters. The third-order valence-electron chi connectivity index (χ3n) is 5.22. The highest BCUT2D eigenvalue weighted by molar-refractivity contribution is 5.74. The lowest BCUT2D eigenvalue weighted by molar-refractivity contribution is 0.373. The highest BCUT2D eigenvalue weighted by Gasteiger charge is 2.16. The maximum absolute atomic E-state index is 8.89. The zero-order valence-corrected chi connectivity index (χ0v) is 16.5. The molecular formula is C21H24N8. The summed E-state index contributed by atoms with van der Waals surface area (Å²) in [5.74, 6) is 1.96. The van der Waals surface area contributed by atoms with Gasteiger partial charge in [-0.25, -0.2) is 9.97 Å². The quantitative estimate of drug-likeness (QED) is 0.660. The Kier molecular flexibility index (Phi) is 5.66. The summed E-state index contributed by atoms with van der Waals surface area (Å²) >= 11 is 0. The Morgan fingerprint density at radius 1 is 1.14 bits per heavy atom. The summed E-state index contributed by atoms with van der Waals surface area (Å²) in [7, 11) is 1.90. The molecule has 4 rings (SSSR count). The van der Waals surface area contributed by atoms with Crippen LogP contribution in [0.15, 0.2) is 36.9 Å². The molecule has 29 heavy (non-hydrogen) atoms. The van der Waals surface area contributed by atoms with E-state index in [0.717, 1.165) is 29.2 Å². The van der Waals surface area contributed by atoms with Gasteiger partial charge in [0.1, 0.15) is 17.6 Å². The Bertz CT molecular complexity index is 996. The highest BCUT2D eigenvalue weighted by Crippen LogP contribution is 2.29. The van der Waals surface area contributed by atoms with Crippen molar-refractivity contribution in [2.45, 2.75) is 32.1 Å². The van der Waals surface area contributed by atoms with Gasteiger partial charge in [-0.1, -0.05) is 19.3 Å². The molecule has 1 fully saturated rings. The number of hydrogen-bond donors (Lipinski definition) is 2. The molecule has 0 spiro atoms. The van der Waals surface area contributed by atoms with E-state index in [1.165, 1.54) is 32.1 Å². The van der Waals surface area contributed by atoms with E-state index in [9.17, 15) is 0 Å². The molecule has 3 heterocycles. The van der Waals surface area contributed by atoms with Gasteiger partial charge in [-0.15, -0.1) is 0 Å². The highest BCUT2D eigenvalue weighted by atomic mass is 15.2. The number of nitrogens with zero attached hydrogens (tertiary/aromatic N) is 6. The molecule has 8 nitrogen and oxygen atoms in total. The van der Waals surface area contributed by atoms with Crippen molar-refractivity contribution in [1.29, 1.82) is 5.26 Å². The summed E-state index contributed by atoms with van der Waals surface area (Å²) in [6.07, 6.45) is 13.7. The van der Waals surface area contributed by atoms with Gasteiger partial charge in [-0.2, -0.15) is 15.3 Å². The van der Waals surface area contributed by atoms with Gasteiger partial charge in [0.05, 0.1) is 18.1 Å². The third-order valence-corrected chi connectivity index (χ3v) is 5.22. The number of hydrogen-bond acceptors (Lipinski definition) is 7. The average Bonchev–Trinajstić information content (AvgIpc) is 3.20. The molecule has 1 saturated carbocycles. The third kappa shape index (κ3) is 4.69. The zero-order chi connectivity index (χ0) is 20.1. The van der Waals surface area contributed by atoms with Gasteiger partial charge in [0.2, 0.25) is 5.95 Å². The minimum Gasteiger partial charge on any atom is -0.369 e. The average molecular weight is 388 g/mol. The van der Waals surface area contributed by atoms with E-state index >= 15 is 0 Å². The summed E-state index contributed by atoms with van der Waals surface area (Å²) in [6.45, 7) is 0.905. The molecule has 8 heteroatoms. The van der Waals surface area contributed by atoms with Crippen LogP contribution in [0.2, 0.25) is 0 Å². The second kappa shape index (κ2) is 8.69. The summed E-state index contributed by atoms with van der Waals surface area (Å²) in [5.41, 5.74) is 3.01. The number of aromatic nitrogens is 5. The van der Waals surface area contributed by atoms with E-state index in [4.69, 9.17) is 10.2 Å². The van der Waals surface area contributed by atoms with Crippen LogP contribution in [0.1, 0.15) is 37.8 Å². The van der Waals surface area contributed by atoms with Gasteiger partial charge >= 0.3 is 0 Å². The summed E-state index contributed by atoms with van der Waals surface area (Å²) in [6, 6.07) is 5.47. The minimum absolute atomic E-state index is 0.373. The van der Waals surface area contributed by atoms with E-state index in [0.29, 0.717) is 17.6 Å². The largest absolute Gasteiger partial charge is 0.369 e. The van der Waals surface area contributed by atoms with Crippen LogP contribution in [0.5, 0.6) is 0 Å². The molecule has 0 radical (unpaired) electrons. The predicted molar refractivity (Wildman–Crippen MR) is 112 cm³/mol. The molecule has 2 N–H and O–H groups in total. The van der Waals surface area contributed by atoms with Crippen LogP contribution in [0.3, 0.4) is 0 Å². The number of nitriles is 1. The normalized spacial score (nSPS) is 14.3. The van der Waals surface area contributed by atoms with E-state index in [1.54, 1.807) is 23.0 Å². The fourth-order valence-electron chi connectivity index (χ4n) is 3.64. The van der Waals surface area contributed by atoms with Gasteiger partial charge in [-0.3, -0.25) is 4.68 Å². The molecule has 0 saturated heterocycles. The molecule has 0 atom stereocenters. The van der Waals surface area contributed by atoms with Crippen molar-refractivity contribution < 1.29 is 0 Å². The summed E-state index contributed by atoms with van der Waals surface area (Å²) in [5, 5.41) is 19.9. The van der Waals surface area contributed by atoms with Crippen LogP contribution in [-0.2, 0) is 7.05 Å². The monoisotopic (exact) mass is 388 g/mol. The van der Waals surface area contributed by atoms with Crippen molar-refractivity contribution in [3.63, 3.8) is 0 Å². The first kappa shape index (κ1) is 18.9. The van der Waals surface area contributed by atoms with Crippen molar-refractivity contribution in [2.24, 2.45) is 13.0 Å². The van der Waals surface area contributed by atoms with Crippen LogP contribution >= 0.6 is 0 Å². The summed E-state index contributed by atoms with van der Waals surface area (Å²) in [4.78, 5) is 13.3. The SMILES string of the molecule is Cn1cc(-c2cnc(Nc3ccc(C#N)nc3)nc2NCC2CCCCC2)cn1. The van der Waals surface area contributed by atoms with E-state index < -0.39 is 0 Å². The van der Waals surface area contributed by atoms with E-state index in [2.05, 4.69) is 25.7 Å². The standard InChI is InChI=1S/C21H24N8/c1-29-14-16(11-26-29)19-13-25-21(27-18-8-7-17(9-22)23-12-18)28-20(19)24-10-15-5-3-2-4-6-15/h7-8,11-15H,2-6,10H2,1H3,(H2,24,25,27,28). The lowest BCUT2D eigenvalue weighted by Crippen LogP contribution is -2.18. The Balaban J connectivity index is 1.57. The number of pyridine rings is 1. The van der Waals surface area contributed by atoms with E-state index in [-0.39, 0.29) is 0 Å². The second-order valence-electron chi connectivity index (χ2n) is 7.41. The van der Waals surface area contributed by atoms with Crippen molar-refractivity contribution >= 4 is 17.5 Å². The predicted octanol–water partition coefficient (Wildman–Crippen LogP) is 3.88. The molecule has 1 aliphatic carbocycles. The van der Waals surface area contributed by atoms with Gasteiger partial charge < -0.3 is 10.6 Å². The molecule has 3 aromatic heterocycles. The second-order valence-corrected chi connectivity index (χ2v) is 7.41. The molecule has 1 aliphatic rings. The fraction of sp³-hybridized carbons (Fsp3) is 0.381. The molecule has 0 aliphatic heterocycles. The van der Waals surface area contributed by atoms with Gasteiger partial charge in [0, 0.05) is 37.1 Å². The molecule has 0 aromatic carbocycles. The maximum atomic E-state index is 8.89. The topological polar surface area (TPSA) is 104 Å². The Morgan fingerprint density at radius 3 is 2.69 bits per heavy atom. The van der Waals surface area contributed by atoms with Crippen LogP contribution in [-0.4, -0.2) is 31.3 Å². The number of aryl methyl sites for hydroxylation is 1. The molecule has 0 bridgehead atoms. The minimum atomic E-state index is 0.373. The maximum Gasteiger partial charge on any atom is 0.229 e. The first-order valence-corrected chi connectivity index (χ1v) is 9.94. The van der Waals surface area contributed by atoms with Crippen LogP contribution in [0.25, 0.3) is 11.1 Å². The van der Waals surface area contributed by atoms with Crippen LogP contribution in [0.4, 0.5) is 17.5 Å². The van der Waals surface area contributed by atoms with Crippen molar-refractivity contribution in [3.8, 4) is 17.2 Å². The first-order chi connectivity index (χ1) is 14.2. The first-order valence-electron chi connectivity index (χ1n) is 9.94. The lowest BCUT2D eigenvalue weighted by atomic mass is 9.89.